The van der Waals surface area contributed by atoms with Crippen molar-refractivity contribution in [2.75, 3.05) is 17.6 Å². The summed E-state index contributed by atoms with van der Waals surface area (Å²) >= 11 is 0. The molecule has 2 rings (SSSR count). The molecule has 0 saturated heterocycles. The Bertz CT molecular complexity index is 599. The molecule has 0 spiro atoms. The van der Waals surface area contributed by atoms with E-state index < -0.39 is 17.3 Å². The van der Waals surface area contributed by atoms with E-state index in [0.717, 1.165) is 25.1 Å². The minimum Gasteiger partial charge on any atom is -0.478 e. The Morgan fingerprint density at radius 2 is 2.30 bits per heavy atom. The number of carboxylic acids is 1. The molecule has 0 aliphatic heterocycles. The van der Waals surface area contributed by atoms with Gasteiger partial charge in [-0.15, -0.1) is 0 Å². The van der Waals surface area contributed by atoms with Gasteiger partial charge < -0.3 is 16.2 Å². The number of nitrogens with zero attached hydrogens (tertiary/aromatic N) is 2. The molecule has 0 saturated carbocycles. The van der Waals surface area contributed by atoms with Crippen LogP contribution in [0.1, 0.15) is 16.8 Å². The van der Waals surface area contributed by atoms with Crippen LogP contribution in [0.3, 0.4) is 0 Å². The molecule has 1 aromatic heterocycles. The van der Waals surface area contributed by atoms with Gasteiger partial charge in [0.1, 0.15) is 5.82 Å². The average molecular weight is 278 g/mol. The highest BCUT2D eigenvalue weighted by atomic mass is 19.1. The van der Waals surface area contributed by atoms with E-state index in [4.69, 9.17) is 10.8 Å². The van der Waals surface area contributed by atoms with Crippen molar-refractivity contribution in [3.8, 4) is 0 Å². The molecule has 20 heavy (non-hydrogen) atoms. The number of nitrogen functional groups attached to an aromatic ring is 1. The lowest BCUT2D eigenvalue weighted by atomic mass is 10.1. The summed E-state index contributed by atoms with van der Waals surface area (Å²) in [5.74, 6) is -2.14. The van der Waals surface area contributed by atoms with Gasteiger partial charge in [-0.2, -0.15) is 5.10 Å². The van der Waals surface area contributed by atoms with Gasteiger partial charge in [-0.3, -0.25) is 4.68 Å². The number of carboxylic acid groups (broad SMARTS) is 1. The van der Waals surface area contributed by atoms with Crippen molar-refractivity contribution in [2.24, 2.45) is 0 Å². The average Bonchev–Trinajstić information content (AvgIpc) is 2.90. The molecule has 6 nitrogen and oxygen atoms in total. The number of nitrogens with one attached hydrogen (secondary N) is 1. The van der Waals surface area contributed by atoms with E-state index in [1.54, 1.807) is 10.9 Å². The number of nitrogens with two attached hydrogens (primary N) is 1. The molecule has 1 heterocycles. The molecule has 0 fully saturated rings. The van der Waals surface area contributed by atoms with Crippen LogP contribution in [0.2, 0.25) is 0 Å². The minimum absolute atomic E-state index is 0.211. The first-order valence-corrected chi connectivity index (χ1v) is 6.11. The molecule has 4 N–H and O–H groups in total. The largest absolute Gasteiger partial charge is 0.478 e. The maximum absolute atomic E-state index is 13.5. The Kier molecular flexibility index (Phi) is 4.19. The highest BCUT2D eigenvalue weighted by molar-refractivity contribution is 5.90. The molecule has 0 unspecified atom stereocenters. The van der Waals surface area contributed by atoms with E-state index in [9.17, 15) is 9.18 Å². The third-order valence-electron chi connectivity index (χ3n) is 2.81. The second-order valence-electron chi connectivity index (χ2n) is 4.27. The zero-order chi connectivity index (χ0) is 14.5. The fourth-order valence-corrected chi connectivity index (χ4v) is 1.80. The first-order chi connectivity index (χ1) is 9.58. The van der Waals surface area contributed by atoms with E-state index in [-0.39, 0.29) is 5.69 Å². The number of halogens is 1. The van der Waals surface area contributed by atoms with Crippen molar-refractivity contribution in [3.05, 3.63) is 42.0 Å². The maximum Gasteiger partial charge on any atom is 0.338 e. The summed E-state index contributed by atoms with van der Waals surface area (Å²) < 4.78 is 15.3. The molecular weight excluding hydrogens is 263 g/mol. The highest BCUT2D eigenvalue weighted by Gasteiger charge is 2.13. The van der Waals surface area contributed by atoms with E-state index in [1.807, 2.05) is 12.3 Å². The Balaban J connectivity index is 1.92. The van der Waals surface area contributed by atoms with Crippen LogP contribution in [0.25, 0.3) is 0 Å². The Morgan fingerprint density at radius 3 is 2.95 bits per heavy atom. The van der Waals surface area contributed by atoms with E-state index >= 15 is 0 Å². The van der Waals surface area contributed by atoms with E-state index in [2.05, 4.69) is 10.4 Å². The molecule has 0 amide bonds. The molecule has 0 bridgehead atoms. The summed E-state index contributed by atoms with van der Waals surface area (Å²) in [6.45, 7) is 1.31. The third-order valence-corrected chi connectivity index (χ3v) is 2.81. The van der Waals surface area contributed by atoms with Crippen molar-refractivity contribution >= 4 is 17.3 Å². The molecule has 0 aliphatic rings. The Morgan fingerprint density at radius 1 is 1.50 bits per heavy atom. The van der Waals surface area contributed by atoms with E-state index in [0.29, 0.717) is 12.2 Å². The van der Waals surface area contributed by atoms with Crippen LogP contribution in [0.4, 0.5) is 15.8 Å². The van der Waals surface area contributed by atoms with Gasteiger partial charge in [0.25, 0.3) is 0 Å². The van der Waals surface area contributed by atoms with E-state index in [1.165, 1.54) is 0 Å². The summed E-state index contributed by atoms with van der Waals surface area (Å²) in [6, 6.07) is 4.06. The summed E-state index contributed by atoms with van der Waals surface area (Å²) in [5, 5.41) is 15.8. The quantitative estimate of drug-likeness (QED) is 0.553. The number of aryl methyl sites for hydroxylation is 1. The maximum atomic E-state index is 13.5. The summed E-state index contributed by atoms with van der Waals surface area (Å²) in [4.78, 5) is 10.8. The van der Waals surface area contributed by atoms with Crippen LogP contribution >= 0.6 is 0 Å². The fraction of sp³-hybridized carbons (Fsp3) is 0.231. The van der Waals surface area contributed by atoms with Crippen molar-refractivity contribution < 1.29 is 14.3 Å². The summed E-state index contributed by atoms with van der Waals surface area (Å²) in [7, 11) is 0. The number of hydrogen-bond donors (Lipinski definition) is 3. The lowest BCUT2D eigenvalue weighted by molar-refractivity contribution is 0.0692. The number of aromatic nitrogens is 2. The minimum atomic E-state index is -1.33. The monoisotopic (exact) mass is 278 g/mol. The summed E-state index contributed by atoms with van der Waals surface area (Å²) in [5.41, 5.74) is 5.88. The van der Waals surface area contributed by atoms with Crippen LogP contribution in [-0.4, -0.2) is 27.4 Å². The van der Waals surface area contributed by atoms with Crippen molar-refractivity contribution in [2.45, 2.75) is 13.0 Å². The lowest BCUT2D eigenvalue weighted by Gasteiger charge is -2.10. The molecule has 1 aromatic carbocycles. The van der Waals surface area contributed by atoms with Crippen molar-refractivity contribution in [1.82, 2.24) is 9.78 Å². The predicted molar refractivity (Wildman–Crippen MR) is 73.1 cm³/mol. The van der Waals surface area contributed by atoms with Gasteiger partial charge in [-0.25, -0.2) is 9.18 Å². The van der Waals surface area contributed by atoms with Crippen molar-refractivity contribution in [3.63, 3.8) is 0 Å². The van der Waals surface area contributed by atoms with Gasteiger partial charge in [0.2, 0.25) is 0 Å². The van der Waals surface area contributed by atoms with Crippen LogP contribution in [-0.2, 0) is 6.54 Å². The smallest absolute Gasteiger partial charge is 0.338 e. The fourth-order valence-electron chi connectivity index (χ4n) is 1.80. The van der Waals surface area contributed by atoms with Gasteiger partial charge >= 0.3 is 5.97 Å². The first kappa shape index (κ1) is 13.9. The number of carbonyl (C=O) groups is 1. The van der Waals surface area contributed by atoms with Gasteiger partial charge in [0.05, 0.1) is 16.9 Å². The number of hydrogen-bond acceptors (Lipinski definition) is 4. The Labute approximate surface area is 115 Å². The number of aromatic carboxylic acids is 1. The van der Waals surface area contributed by atoms with Crippen LogP contribution in [0.5, 0.6) is 0 Å². The zero-order valence-electron chi connectivity index (χ0n) is 10.7. The number of rotatable bonds is 6. The molecular formula is C13H15FN4O2. The SMILES string of the molecule is Nc1cc(C(=O)O)c(F)cc1NCCCn1cccn1. The van der Waals surface area contributed by atoms with Crippen LogP contribution < -0.4 is 11.1 Å². The first-order valence-electron chi connectivity index (χ1n) is 6.11. The molecule has 106 valence electrons. The lowest BCUT2D eigenvalue weighted by Crippen LogP contribution is -2.10. The second kappa shape index (κ2) is 6.05. The molecule has 7 heteroatoms. The number of benzene rings is 1. The van der Waals surface area contributed by atoms with Crippen LogP contribution in [0.15, 0.2) is 30.6 Å². The molecule has 2 aromatic rings. The topological polar surface area (TPSA) is 93.2 Å². The second-order valence-corrected chi connectivity index (χ2v) is 4.27. The predicted octanol–water partition coefficient (Wildman–Crippen LogP) is 1.80. The molecule has 0 atom stereocenters. The normalized spacial score (nSPS) is 10.4. The van der Waals surface area contributed by atoms with Gasteiger partial charge in [0.15, 0.2) is 0 Å². The summed E-state index contributed by atoms with van der Waals surface area (Å²) in [6.07, 6.45) is 4.34. The molecule has 0 radical (unpaired) electrons. The van der Waals surface area contributed by atoms with Gasteiger partial charge in [0, 0.05) is 25.5 Å². The van der Waals surface area contributed by atoms with Crippen molar-refractivity contribution in [1.29, 1.82) is 0 Å². The third kappa shape index (κ3) is 3.25. The molecule has 0 aliphatic carbocycles. The standard InChI is InChI=1S/C13H15FN4O2/c14-10-8-12(11(15)7-9(10)13(19)20)16-3-1-5-18-6-2-4-17-18/h2,4,6-8,16H,1,3,5,15H2,(H,19,20). The van der Waals surface area contributed by atoms with Crippen LogP contribution in [0, 0.1) is 5.82 Å². The Hall–Kier alpha value is -2.57. The number of anilines is 2. The highest BCUT2D eigenvalue weighted by Crippen LogP contribution is 2.23. The van der Waals surface area contributed by atoms with Gasteiger partial charge in [-0.1, -0.05) is 0 Å². The van der Waals surface area contributed by atoms with Gasteiger partial charge in [-0.05, 0) is 24.6 Å². The zero-order valence-corrected chi connectivity index (χ0v) is 10.7.